The van der Waals surface area contributed by atoms with Crippen LogP contribution in [0.25, 0.3) is 0 Å². The molecule has 0 radical (unpaired) electrons. The molecule has 0 atom stereocenters. The van der Waals surface area contributed by atoms with Gasteiger partial charge in [-0.3, -0.25) is 9.59 Å². The van der Waals surface area contributed by atoms with Crippen LogP contribution >= 0.6 is 0 Å². The van der Waals surface area contributed by atoms with Crippen LogP contribution in [0.4, 0.5) is 0 Å². The maximum atomic E-state index is 10.7. The summed E-state index contributed by atoms with van der Waals surface area (Å²) < 4.78 is 0. The summed E-state index contributed by atoms with van der Waals surface area (Å²) in [4.78, 5) is 21.4. The van der Waals surface area contributed by atoms with Crippen LogP contribution in [-0.4, -0.2) is 11.6 Å². The van der Waals surface area contributed by atoms with Gasteiger partial charge in [-0.15, -0.1) is 0 Å². The Morgan fingerprint density at radius 2 is 0.900 bits per heavy atom. The third kappa shape index (κ3) is 12.2. The van der Waals surface area contributed by atoms with Crippen LogP contribution in [0.5, 0.6) is 0 Å². The van der Waals surface area contributed by atoms with Crippen molar-refractivity contribution in [2.24, 2.45) is 0 Å². The molecule has 0 aliphatic heterocycles. The van der Waals surface area contributed by atoms with Gasteiger partial charge >= 0.3 is 0 Å². The highest BCUT2D eigenvalue weighted by atomic mass is 16.1. The van der Waals surface area contributed by atoms with Gasteiger partial charge in [-0.2, -0.15) is 0 Å². The molecule has 0 aromatic rings. The lowest BCUT2D eigenvalue weighted by molar-refractivity contribution is -0.113. The van der Waals surface area contributed by atoms with Crippen molar-refractivity contribution < 1.29 is 9.59 Å². The quantitative estimate of drug-likeness (QED) is 0.511. The molecule has 0 aliphatic rings. The zero-order valence-corrected chi connectivity index (χ0v) is 12.6. The molecule has 0 bridgehead atoms. The van der Waals surface area contributed by atoms with Gasteiger partial charge in [0.05, 0.1) is 0 Å². The lowest BCUT2D eigenvalue weighted by atomic mass is 10.2. The van der Waals surface area contributed by atoms with Crippen LogP contribution in [0.15, 0.2) is 71.9 Å². The van der Waals surface area contributed by atoms with E-state index in [1.165, 1.54) is 26.0 Å². The van der Waals surface area contributed by atoms with Gasteiger partial charge in [0, 0.05) is 0 Å². The van der Waals surface area contributed by atoms with E-state index in [1.54, 1.807) is 12.2 Å². The molecule has 0 unspecified atom stereocenters. The lowest BCUT2D eigenvalue weighted by Gasteiger charge is -1.88. The lowest BCUT2D eigenvalue weighted by Crippen LogP contribution is -1.78. The van der Waals surface area contributed by atoms with Crippen LogP contribution < -0.4 is 0 Å². The molecule has 20 heavy (non-hydrogen) atoms. The predicted molar refractivity (Wildman–Crippen MR) is 85.4 cm³/mol. The van der Waals surface area contributed by atoms with E-state index in [2.05, 4.69) is 0 Å². The van der Waals surface area contributed by atoms with Crippen LogP contribution in [0.1, 0.15) is 27.7 Å². The Labute approximate surface area is 121 Å². The number of ketones is 2. The Kier molecular flexibility index (Phi) is 9.49. The summed E-state index contributed by atoms with van der Waals surface area (Å²) in [7, 11) is 0. The molecule has 0 fully saturated rings. The maximum absolute atomic E-state index is 10.7. The van der Waals surface area contributed by atoms with Gasteiger partial charge in [-0.05, 0) is 39.8 Å². The molecule has 0 N–H and O–H groups in total. The van der Waals surface area contributed by atoms with E-state index in [0.29, 0.717) is 0 Å². The van der Waals surface area contributed by atoms with Gasteiger partial charge in [0.1, 0.15) is 0 Å². The van der Waals surface area contributed by atoms with Gasteiger partial charge < -0.3 is 0 Å². The van der Waals surface area contributed by atoms with Crippen molar-refractivity contribution in [1.82, 2.24) is 0 Å². The molecule has 0 aliphatic carbocycles. The summed E-state index contributed by atoms with van der Waals surface area (Å²) in [5.74, 6) is 0.0783. The van der Waals surface area contributed by atoms with Crippen molar-refractivity contribution in [3.8, 4) is 0 Å². The normalized spacial score (nSPS) is 14.2. The second-order valence-corrected chi connectivity index (χ2v) is 4.48. The maximum Gasteiger partial charge on any atom is 0.152 e. The van der Waals surface area contributed by atoms with Crippen LogP contribution in [0.3, 0.4) is 0 Å². The number of rotatable bonds is 7. The van der Waals surface area contributed by atoms with Gasteiger partial charge in [-0.25, -0.2) is 0 Å². The van der Waals surface area contributed by atoms with Gasteiger partial charge in [-0.1, -0.05) is 59.8 Å². The summed E-state index contributed by atoms with van der Waals surface area (Å²) in [6, 6.07) is 0. The Morgan fingerprint density at radius 1 is 0.550 bits per heavy atom. The number of carbonyl (C=O) groups excluding carboxylic acids is 2. The fourth-order valence-electron chi connectivity index (χ4n) is 1.20. The summed E-state index contributed by atoms with van der Waals surface area (Å²) >= 11 is 0. The average Bonchev–Trinajstić information content (AvgIpc) is 2.33. The molecule has 0 amide bonds. The third-order valence-electron chi connectivity index (χ3n) is 2.21. The number of allylic oxidation sites excluding steroid dienone is 12. The van der Waals surface area contributed by atoms with Crippen LogP contribution in [0.2, 0.25) is 0 Å². The molecule has 0 spiro atoms. The van der Waals surface area contributed by atoms with Crippen molar-refractivity contribution in [3.05, 3.63) is 71.9 Å². The smallest absolute Gasteiger partial charge is 0.152 e. The summed E-state index contributed by atoms with van der Waals surface area (Å²) in [5.41, 5.74) is 2.12. The molecular weight excluding hydrogens is 248 g/mol. The van der Waals surface area contributed by atoms with Gasteiger partial charge in [0.15, 0.2) is 11.6 Å². The van der Waals surface area contributed by atoms with E-state index in [-0.39, 0.29) is 11.6 Å². The summed E-state index contributed by atoms with van der Waals surface area (Å²) in [6.45, 7) is 6.97. The van der Waals surface area contributed by atoms with Crippen molar-refractivity contribution in [3.63, 3.8) is 0 Å². The summed E-state index contributed by atoms with van der Waals surface area (Å²) in [6.07, 6.45) is 18.1. The number of carbonyl (C=O) groups is 2. The van der Waals surface area contributed by atoms with E-state index in [1.807, 2.05) is 50.3 Å². The highest BCUT2D eigenvalue weighted by Gasteiger charge is 1.82. The molecule has 0 saturated heterocycles. The minimum atomic E-state index is 0.0392. The molecule has 2 nitrogen and oxygen atoms in total. The fourth-order valence-corrected chi connectivity index (χ4v) is 1.20. The van der Waals surface area contributed by atoms with E-state index >= 15 is 0 Å². The average molecular weight is 270 g/mol. The molecule has 0 aromatic carbocycles. The second-order valence-electron chi connectivity index (χ2n) is 4.48. The zero-order chi connectivity index (χ0) is 15.4. The van der Waals surface area contributed by atoms with Crippen LogP contribution in [0, 0.1) is 0 Å². The van der Waals surface area contributed by atoms with Gasteiger partial charge in [0.25, 0.3) is 0 Å². The van der Waals surface area contributed by atoms with E-state index in [4.69, 9.17) is 0 Å². The third-order valence-corrected chi connectivity index (χ3v) is 2.21. The second kappa shape index (κ2) is 10.7. The molecular formula is C18H22O2. The predicted octanol–water partition coefficient (Wildman–Crippen LogP) is 4.28. The van der Waals surface area contributed by atoms with E-state index in [0.717, 1.165) is 11.1 Å². The Bertz CT molecular complexity index is 462. The largest absolute Gasteiger partial charge is 0.295 e. The Morgan fingerprint density at radius 3 is 1.20 bits per heavy atom. The Balaban J connectivity index is 4.39. The highest BCUT2D eigenvalue weighted by molar-refractivity contribution is 5.87. The minimum Gasteiger partial charge on any atom is -0.295 e. The molecule has 0 saturated carbocycles. The van der Waals surface area contributed by atoms with Crippen molar-refractivity contribution in [1.29, 1.82) is 0 Å². The standard InChI is InChI=1S/C18H22O2/c1-15(11-7-13-17(3)19)9-5-6-10-16(2)12-8-14-18(4)20/h5-14H,1-4H3. The first-order valence-corrected chi connectivity index (χ1v) is 6.47. The SMILES string of the molecule is CC(=O)C=CC=C(C)C=CC=CC(C)=CC=CC(C)=O. The number of hydrogen-bond donors (Lipinski definition) is 0. The van der Waals surface area contributed by atoms with E-state index in [9.17, 15) is 9.59 Å². The Hall–Kier alpha value is -2.22. The summed E-state index contributed by atoms with van der Waals surface area (Å²) in [5, 5.41) is 0. The van der Waals surface area contributed by atoms with Crippen molar-refractivity contribution >= 4 is 11.6 Å². The first-order valence-electron chi connectivity index (χ1n) is 6.47. The zero-order valence-electron chi connectivity index (χ0n) is 12.6. The fraction of sp³-hybridized carbons (Fsp3) is 0.222. The molecule has 0 aromatic heterocycles. The van der Waals surface area contributed by atoms with Gasteiger partial charge in [0.2, 0.25) is 0 Å². The monoisotopic (exact) mass is 270 g/mol. The van der Waals surface area contributed by atoms with E-state index < -0.39 is 0 Å². The first kappa shape index (κ1) is 17.8. The van der Waals surface area contributed by atoms with Crippen LogP contribution in [-0.2, 0) is 9.59 Å². The van der Waals surface area contributed by atoms with Crippen molar-refractivity contribution in [2.45, 2.75) is 27.7 Å². The molecule has 0 heterocycles. The molecule has 2 heteroatoms. The first-order chi connectivity index (χ1) is 9.41. The van der Waals surface area contributed by atoms with Crippen molar-refractivity contribution in [2.75, 3.05) is 0 Å². The number of hydrogen-bond acceptors (Lipinski definition) is 2. The molecule has 0 rings (SSSR count). The molecule has 106 valence electrons. The topological polar surface area (TPSA) is 34.1 Å². The highest BCUT2D eigenvalue weighted by Crippen LogP contribution is 1.99. The minimum absolute atomic E-state index is 0.0392.